The second-order valence-corrected chi connectivity index (χ2v) is 8.23. The molecule has 1 fully saturated rings. The quantitative estimate of drug-likeness (QED) is 0.521. The zero-order valence-corrected chi connectivity index (χ0v) is 17.8. The SMILES string of the molecule is COc1ccc(-c2nnc(SCC(O)c3c(F)cccc3F)n2CC2CCCO2)cc1. The third kappa shape index (κ3) is 4.89. The molecule has 1 aliphatic heterocycles. The minimum atomic E-state index is -1.32. The van der Waals surface area contributed by atoms with E-state index >= 15 is 0 Å². The molecule has 2 aromatic carbocycles. The number of thioether (sulfide) groups is 1. The van der Waals surface area contributed by atoms with Gasteiger partial charge in [0.05, 0.1) is 31.4 Å². The van der Waals surface area contributed by atoms with E-state index in [2.05, 4.69) is 10.2 Å². The van der Waals surface area contributed by atoms with Gasteiger partial charge in [-0.3, -0.25) is 4.57 Å². The van der Waals surface area contributed by atoms with Gasteiger partial charge >= 0.3 is 0 Å². The summed E-state index contributed by atoms with van der Waals surface area (Å²) in [6.45, 7) is 1.28. The van der Waals surface area contributed by atoms with Crippen LogP contribution in [0, 0.1) is 11.6 Å². The number of halogens is 2. The topological polar surface area (TPSA) is 69.4 Å². The molecule has 2 heterocycles. The highest BCUT2D eigenvalue weighted by atomic mass is 32.2. The highest BCUT2D eigenvalue weighted by Crippen LogP contribution is 2.31. The lowest BCUT2D eigenvalue weighted by molar-refractivity contribution is 0.0953. The summed E-state index contributed by atoms with van der Waals surface area (Å²) in [7, 11) is 1.60. The number of nitrogens with zero attached hydrogens (tertiary/aromatic N) is 3. The zero-order chi connectivity index (χ0) is 21.8. The standard InChI is InChI=1S/C22H23F2N3O3S/c1-29-15-9-7-14(8-10-15)21-25-26-22(27(21)12-16-4-3-11-30-16)31-13-19(28)20-17(23)5-2-6-18(20)24/h2,5-10,16,19,28H,3-4,11-13H2,1H3. The van der Waals surface area contributed by atoms with Gasteiger partial charge in [0.15, 0.2) is 11.0 Å². The number of aromatic nitrogens is 3. The van der Waals surface area contributed by atoms with E-state index in [9.17, 15) is 13.9 Å². The van der Waals surface area contributed by atoms with Gasteiger partial charge in [0.1, 0.15) is 17.4 Å². The largest absolute Gasteiger partial charge is 0.497 e. The molecule has 0 radical (unpaired) electrons. The van der Waals surface area contributed by atoms with E-state index < -0.39 is 17.7 Å². The van der Waals surface area contributed by atoms with E-state index in [1.165, 1.54) is 17.8 Å². The van der Waals surface area contributed by atoms with Crippen LogP contribution in [0.1, 0.15) is 24.5 Å². The minimum Gasteiger partial charge on any atom is -0.497 e. The molecule has 0 bridgehead atoms. The van der Waals surface area contributed by atoms with Crippen LogP contribution in [0.15, 0.2) is 47.6 Å². The van der Waals surface area contributed by atoms with Crippen molar-refractivity contribution < 1.29 is 23.4 Å². The van der Waals surface area contributed by atoms with Crippen molar-refractivity contribution in [1.82, 2.24) is 14.8 Å². The summed E-state index contributed by atoms with van der Waals surface area (Å²) in [6.07, 6.45) is 0.663. The Morgan fingerprint density at radius 3 is 2.58 bits per heavy atom. The first kappa shape index (κ1) is 21.7. The average Bonchev–Trinajstić information content (AvgIpc) is 3.43. The number of ether oxygens (including phenoxy) is 2. The first-order valence-corrected chi connectivity index (χ1v) is 11.0. The van der Waals surface area contributed by atoms with Gasteiger partial charge in [-0.05, 0) is 49.2 Å². The molecule has 0 amide bonds. The van der Waals surface area contributed by atoms with Gasteiger partial charge in [-0.1, -0.05) is 17.8 Å². The fourth-order valence-electron chi connectivity index (χ4n) is 3.57. The lowest BCUT2D eigenvalue weighted by Gasteiger charge is -2.16. The Hall–Kier alpha value is -2.49. The predicted octanol–water partition coefficient (Wildman–Crippen LogP) is 4.24. The Labute approximate surface area is 183 Å². The third-order valence-corrected chi connectivity index (χ3v) is 6.22. The number of methoxy groups -OCH3 is 1. The Bertz CT molecular complexity index is 1000. The molecule has 164 valence electrons. The van der Waals surface area contributed by atoms with Crippen LogP contribution in [0.5, 0.6) is 5.75 Å². The first-order chi connectivity index (χ1) is 15.1. The molecule has 0 spiro atoms. The number of aliphatic hydroxyl groups is 1. The number of benzene rings is 2. The molecule has 31 heavy (non-hydrogen) atoms. The molecule has 4 rings (SSSR count). The van der Waals surface area contributed by atoms with Crippen LogP contribution in [-0.4, -0.2) is 45.4 Å². The van der Waals surface area contributed by atoms with Crippen LogP contribution < -0.4 is 4.74 Å². The lowest BCUT2D eigenvalue weighted by Crippen LogP contribution is -2.17. The van der Waals surface area contributed by atoms with Crippen LogP contribution in [0.4, 0.5) is 8.78 Å². The fraction of sp³-hybridized carbons (Fsp3) is 0.364. The Morgan fingerprint density at radius 1 is 1.19 bits per heavy atom. The summed E-state index contributed by atoms with van der Waals surface area (Å²) in [5, 5.41) is 19.6. The number of aliphatic hydroxyl groups excluding tert-OH is 1. The van der Waals surface area contributed by atoms with E-state index in [1.807, 2.05) is 28.8 Å². The van der Waals surface area contributed by atoms with Crippen LogP contribution in [0.25, 0.3) is 11.4 Å². The molecule has 1 saturated heterocycles. The van der Waals surface area contributed by atoms with Gasteiger partial charge in [0.2, 0.25) is 0 Å². The molecule has 6 nitrogen and oxygen atoms in total. The molecule has 1 aliphatic rings. The summed E-state index contributed by atoms with van der Waals surface area (Å²) >= 11 is 1.20. The smallest absolute Gasteiger partial charge is 0.191 e. The molecule has 1 N–H and O–H groups in total. The van der Waals surface area contributed by atoms with Gasteiger partial charge in [-0.15, -0.1) is 10.2 Å². The molecular formula is C22H23F2N3O3S. The second kappa shape index (κ2) is 9.76. The van der Waals surface area contributed by atoms with Crippen LogP contribution >= 0.6 is 11.8 Å². The molecule has 2 unspecified atom stereocenters. The summed E-state index contributed by atoms with van der Waals surface area (Å²) in [4.78, 5) is 0. The van der Waals surface area contributed by atoms with Crippen molar-refractivity contribution in [3.63, 3.8) is 0 Å². The molecule has 3 aromatic rings. The molecule has 1 aromatic heterocycles. The van der Waals surface area contributed by atoms with E-state index in [0.717, 1.165) is 42.9 Å². The van der Waals surface area contributed by atoms with Crippen LogP contribution in [0.2, 0.25) is 0 Å². The lowest BCUT2D eigenvalue weighted by atomic mass is 10.1. The van der Waals surface area contributed by atoms with Gasteiger partial charge in [0.25, 0.3) is 0 Å². The van der Waals surface area contributed by atoms with Crippen molar-refractivity contribution in [2.75, 3.05) is 19.5 Å². The number of rotatable bonds is 8. The Kier molecular flexibility index (Phi) is 6.84. The van der Waals surface area contributed by atoms with E-state index in [-0.39, 0.29) is 17.4 Å². The molecule has 0 saturated carbocycles. The van der Waals surface area contributed by atoms with Crippen LogP contribution in [-0.2, 0) is 11.3 Å². The predicted molar refractivity (Wildman–Crippen MR) is 113 cm³/mol. The van der Waals surface area contributed by atoms with Crippen molar-refractivity contribution in [1.29, 1.82) is 0 Å². The Morgan fingerprint density at radius 2 is 1.94 bits per heavy atom. The maximum Gasteiger partial charge on any atom is 0.191 e. The normalized spacial score (nSPS) is 17.1. The van der Waals surface area contributed by atoms with Crippen LogP contribution in [0.3, 0.4) is 0 Å². The summed E-state index contributed by atoms with van der Waals surface area (Å²) in [5.41, 5.74) is 0.523. The minimum absolute atomic E-state index is 0.0319. The number of hydrogen-bond acceptors (Lipinski definition) is 6. The van der Waals surface area contributed by atoms with Gasteiger partial charge in [-0.25, -0.2) is 8.78 Å². The van der Waals surface area contributed by atoms with E-state index in [0.29, 0.717) is 17.5 Å². The summed E-state index contributed by atoms with van der Waals surface area (Å²) in [6, 6.07) is 11.0. The van der Waals surface area contributed by atoms with Crippen molar-refractivity contribution in [3.05, 3.63) is 59.7 Å². The fourth-order valence-corrected chi connectivity index (χ4v) is 4.46. The first-order valence-electron chi connectivity index (χ1n) is 10.0. The van der Waals surface area contributed by atoms with Crippen molar-refractivity contribution in [3.8, 4) is 17.1 Å². The van der Waals surface area contributed by atoms with E-state index in [1.54, 1.807) is 7.11 Å². The summed E-state index contributed by atoms with van der Waals surface area (Å²) in [5.74, 6) is -0.115. The maximum absolute atomic E-state index is 14.0. The van der Waals surface area contributed by atoms with Gasteiger partial charge in [-0.2, -0.15) is 0 Å². The zero-order valence-electron chi connectivity index (χ0n) is 17.0. The third-order valence-electron chi connectivity index (χ3n) is 5.18. The highest BCUT2D eigenvalue weighted by Gasteiger charge is 2.24. The monoisotopic (exact) mass is 447 g/mol. The van der Waals surface area contributed by atoms with E-state index in [4.69, 9.17) is 9.47 Å². The molecule has 0 aliphatic carbocycles. The maximum atomic E-state index is 14.0. The van der Waals surface area contributed by atoms with Crippen molar-refractivity contribution in [2.24, 2.45) is 0 Å². The summed E-state index contributed by atoms with van der Waals surface area (Å²) < 4.78 is 40.9. The van der Waals surface area contributed by atoms with Crippen molar-refractivity contribution >= 4 is 11.8 Å². The van der Waals surface area contributed by atoms with Gasteiger partial charge < -0.3 is 14.6 Å². The Balaban J connectivity index is 1.58. The molecular weight excluding hydrogens is 424 g/mol. The van der Waals surface area contributed by atoms with Gasteiger partial charge in [0, 0.05) is 17.9 Å². The average molecular weight is 448 g/mol. The molecule has 9 heteroatoms. The van der Waals surface area contributed by atoms with Crippen molar-refractivity contribution in [2.45, 2.75) is 36.8 Å². The highest BCUT2D eigenvalue weighted by molar-refractivity contribution is 7.99. The molecule has 2 atom stereocenters. The number of hydrogen-bond donors (Lipinski definition) is 1. The second-order valence-electron chi connectivity index (χ2n) is 7.24.